The maximum atomic E-state index is 12.2. The monoisotopic (exact) mass is 260 g/mol. The van der Waals surface area contributed by atoms with Crippen LogP contribution in [-0.2, 0) is 4.79 Å². The number of hydrogen-bond acceptors (Lipinski definition) is 2. The number of nitrogens with one attached hydrogen (secondary N) is 2. The number of rotatable bonds is 2. The zero-order chi connectivity index (χ0) is 11.6. The van der Waals surface area contributed by atoms with E-state index in [4.69, 9.17) is 0 Å². The quantitative estimate of drug-likeness (QED) is 0.800. The summed E-state index contributed by atoms with van der Waals surface area (Å²) in [6, 6.07) is 0.410. The fourth-order valence-electron chi connectivity index (χ4n) is 2.94. The average molecular weight is 261 g/mol. The van der Waals surface area contributed by atoms with Crippen LogP contribution in [0.25, 0.3) is 0 Å². The third-order valence-corrected chi connectivity index (χ3v) is 4.30. The third-order valence-electron chi connectivity index (χ3n) is 4.30. The van der Waals surface area contributed by atoms with Crippen molar-refractivity contribution in [1.29, 1.82) is 0 Å². The molecule has 1 aliphatic heterocycles. The van der Waals surface area contributed by atoms with Crippen molar-refractivity contribution in [1.82, 2.24) is 10.6 Å². The van der Waals surface area contributed by atoms with Gasteiger partial charge in [-0.15, -0.1) is 12.4 Å². The van der Waals surface area contributed by atoms with Crippen molar-refractivity contribution in [3.05, 3.63) is 0 Å². The molecule has 2 aliphatic rings. The van der Waals surface area contributed by atoms with Crippen molar-refractivity contribution in [2.45, 2.75) is 64.0 Å². The van der Waals surface area contributed by atoms with Crippen LogP contribution in [0.3, 0.4) is 0 Å². The highest BCUT2D eigenvalue weighted by Gasteiger charge is 2.36. The van der Waals surface area contributed by atoms with Crippen LogP contribution in [0.2, 0.25) is 0 Å². The molecule has 4 heteroatoms. The lowest BCUT2D eigenvalue weighted by Crippen LogP contribution is -2.58. The van der Waals surface area contributed by atoms with Gasteiger partial charge in [-0.3, -0.25) is 4.79 Å². The van der Waals surface area contributed by atoms with Crippen molar-refractivity contribution in [3.63, 3.8) is 0 Å². The second-order valence-electron chi connectivity index (χ2n) is 5.70. The molecule has 2 N–H and O–H groups in total. The number of halogens is 1. The molecule has 0 aromatic rings. The summed E-state index contributed by atoms with van der Waals surface area (Å²) in [6.07, 6.45) is 7.01. The SMILES string of the molecule is CC1CCCC1NC(=O)C1(C)CCCCN1.Cl. The Bertz CT molecular complexity index is 264. The van der Waals surface area contributed by atoms with E-state index in [-0.39, 0.29) is 23.9 Å². The molecule has 1 amide bonds. The molecule has 1 heterocycles. The van der Waals surface area contributed by atoms with Crippen molar-refractivity contribution >= 4 is 18.3 Å². The molecule has 0 spiro atoms. The van der Waals surface area contributed by atoms with E-state index < -0.39 is 0 Å². The van der Waals surface area contributed by atoms with Crippen LogP contribution >= 0.6 is 12.4 Å². The lowest BCUT2D eigenvalue weighted by Gasteiger charge is -2.35. The molecule has 3 nitrogen and oxygen atoms in total. The van der Waals surface area contributed by atoms with E-state index in [1.807, 2.05) is 6.92 Å². The van der Waals surface area contributed by atoms with E-state index in [1.54, 1.807) is 0 Å². The summed E-state index contributed by atoms with van der Waals surface area (Å²) in [7, 11) is 0. The molecule has 3 atom stereocenters. The Kier molecular flexibility index (Phi) is 5.26. The van der Waals surface area contributed by atoms with Gasteiger partial charge in [-0.25, -0.2) is 0 Å². The van der Waals surface area contributed by atoms with Crippen LogP contribution in [0, 0.1) is 5.92 Å². The van der Waals surface area contributed by atoms with Gasteiger partial charge < -0.3 is 10.6 Å². The zero-order valence-corrected chi connectivity index (χ0v) is 11.7. The summed E-state index contributed by atoms with van der Waals surface area (Å²) >= 11 is 0. The van der Waals surface area contributed by atoms with E-state index in [2.05, 4.69) is 17.6 Å². The molecule has 3 unspecified atom stereocenters. The Labute approximate surface area is 111 Å². The fourth-order valence-corrected chi connectivity index (χ4v) is 2.94. The smallest absolute Gasteiger partial charge is 0.240 e. The predicted molar refractivity (Wildman–Crippen MR) is 72.5 cm³/mol. The molecule has 17 heavy (non-hydrogen) atoms. The molecule has 1 aliphatic carbocycles. The topological polar surface area (TPSA) is 41.1 Å². The van der Waals surface area contributed by atoms with Crippen LogP contribution in [0.1, 0.15) is 52.4 Å². The highest BCUT2D eigenvalue weighted by molar-refractivity contribution is 5.86. The summed E-state index contributed by atoms with van der Waals surface area (Å²) < 4.78 is 0. The highest BCUT2D eigenvalue weighted by atomic mass is 35.5. The molecular weight excluding hydrogens is 236 g/mol. The molecule has 2 fully saturated rings. The van der Waals surface area contributed by atoms with E-state index in [1.165, 1.54) is 19.3 Å². The van der Waals surface area contributed by atoms with Crippen LogP contribution in [-0.4, -0.2) is 24.0 Å². The lowest BCUT2D eigenvalue weighted by molar-refractivity contribution is -0.128. The molecule has 0 radical (unpaired) electrons. The Morgan fingerprint density at radius 3 is 2.59 bits per heavy atom. The van der Waals surface area contributed by atoms with E-state index >= 15 is 0 Å². The van der Waals surface area contributed by atoms with Crippen molar-refractivity contribution in [3.8, 4) is 0 Å². The van der Waals surface area contributed by atoms with Gasteiger partial charge in [-0.2, -0.15) is 0 Å². The Balaban J connectivity index is 0.00000144. The minimum atomic E-state index is -0.319. The summed E-state index contributed by atoms with van der Waals surface area (Å²) in [6.45, 7) is 5.26. The molecule has 1 saturated heterocycles. The van der Waals surface area contributed by atoms with Gasteiger partial charge in [-0.1, -0.05) is 13.3 Å². The minimum Gasteiger partial charge on any atom is -0.352 e. The Morgan fingerprint density at radius 1 is 1.29 bits per heavy atom. The molecule has 0 aromatic carbocycles. The van der Waals surface area contributed by atoms with Crippen molar-refractivity contribution < 1.29 is 4.79 Å². The van der Waals surface area contributed by atoms with Gasteiger partial charge in [0.05, 0.1) is 5.54 Å². The van der Waals surface area contributed by atoms with Crippen molar-refractivity contribution in [2.24, 2.45) is 5.92 Å². The van der Waals surface area contributed by atoms with E-state index in [0.29, 0.717) is 12.0 Å². The average Bonchev–Trinajstić information content (AvgIpc) is 2.65. The van der Waals surface area contributed by atoms with E-state index in [0.717, 1.165) is 25.8 Å². The number of piperidine rings is 1. The first kappa shape index (κ1) is 14.8. The highest BCUT2D eigenvalue weighted by Crippen LogP contribution is 2.26. The molecule has 0 bridgehead atoms. The van der Waals surface area contributed by atoms with Gasteiger partial charge in [-0.05, 0) is 51.5 Å². The zero-order valence-electron chi connectivity index (χ0n) is 10.9. The maximum Gasteiger partial charge on any atom is 0.240 e. The molecule has 100 valence electrons. The summed E-state index contributed by atoms with van der Waals surface area (Å²) in [4.78, 5) is 12.2. The lowest BCUT2D eigenvalue weighted by atomic mass is 9.89. The van der Waals surface area contributed by atoms with Crippen LogP contribution in [0.4, 0.5) is 0 Å². The summed E-state index contributed by atoms with van der Waals surface area (Å²) in [5, 5.41) is 6.61. The predicted octanol–water partition coefficient (Wildman–Crippen LogP) is 2.25. The van der Waals surface area contributed by atoms with Gasteiger partial charge in [0.15, 0.2) is 0 Å². The van der Waals surface area contributed by atoms with Crippen molar-refractivity contribution in [2.75, 3.05) is 6.54 Å². The largest absolute Gasteiger partial charge is 0.352 e. The second-order valence-corrected chi connectivity index (χ2v) is 5.70. The maximum absolute atomic E-state index is 12.2. The first-order chi connectivity index (χ1) is 7.62. The number of carbonyl (C=O) groups excluding carboxylic acids is 1. The number of carbonyl (C=O) groups is 1. The summed E-state index contributed by atoms with van der Waals surface area (Å²) in [5.41, 5.74) is -0.319. The van der Waals surface area contributed by atoms with Crippen LogP contribution in [0.15, 0.2) is 0 Å². The standard InChI is InChI=1S/C13H24N2O.ClH/c1-10-6-5-7-11(10)15-12(16)13(2)8-3-4-9-14-13;/h10-11,14H,3-9H2,1-2H3,(H,15,16);1H. The first-order valence-corrected chi connectivity index (χ1v) is 6.68. The van der Waals surface area contributed by atoms with Gasteiger partial charge >= 0.3 is 0 Å². The molecular formula is C13H25ClN2O. The normalized spacial score (nSPS) is 37.3. The molecule has 0 aromatic heterocycles. The second kappa shape index (κ2) is 6.05. The van der Waals surface area contributed by atoms with Gasteiger partial charge in [0.2, 0.25) is 5.91 Å². The van der Waals surface area contributed by atoms with Crippen LogP contribution in [0.5, 0.6) is 0 Å². The van der Waals surface area contributed by atoms with Crippen LogP contribution < -0.4 is 10.6 Å². The number of amides is 1. The first-order valence-electron chi connectivity index (χ1n) is 6.68. The Morgan fingerprint density at radius 2 is 2.06 bits per heavy atom. The number of hydrogen-bond donors (Lipinski definition) is 2. The van der Waals surface area contributed by atoms with Gasteiger partial charge in [0, 0.05) is 6.04 Å². The van der Waals surface area contributed by atoms with Gasteiger partial charge in [0.1, 0.15) is 0 Å². The fraction of sp³-hybridized carbons (Fsp3) is 0.923. The summed E-state index contributed by atoms with van der Waals surface area (Å²) in [5.74, 6) is 0.863. The van der Waals surface area contributed by atoms with E-state index in [9.17, 15) is 4.79 Å². The molecule has 2 rings (SSSR count). The molecule has 1 saturated carbocycles. The Hall–Kier alpha value is -0.280. The third kappa shape index (κ3) is 3.35. The minimum absolute atomic E-state index is 0. The van der Waals surface area contributed by atoms with Gasteiger partial charge in [0.25, 0.3) is 0 Å².